The molecule has 1 nitrogen and oxygen atoms in total. The second-order valence-electron chi connectivity index (χ2n) is 4.92. The van der Waals surface area contributed by atoms with E-state index in [2.05, 4.69) is 51.0 Å². The minimum absolute atomic E-state index is 0.200. The van der Waals surface area contributed by atoms with Crippen molar-refractivity contribution in [2.24, 2.45) is 0 Å². The molecule has 0 aliphatic heterocycles. The molecule has 0 aliphatic carbocycles. The molecule has 0 aromatic rings. The predicted molar refractivity (Wildman–Crippen MR) is 102 cm³/mol. The van der Waals surface area contributed by atoms with Crippen molar-refractivity contribution in [2.75, 3.05) is 6.61 Å². The molecule has 4 heteroatoms. The van der Waals surface area contributed by atoms with E-state index in [-0.39, 0.29) is 3.43 Å². The molecule has 0 aromatic carbocycles. The van der Waals surface area contributed by atoms with Gasteiger partial charge in [-0.3, -0.25) is 0 Å². The van der Waals surface area contributed by atoms with E-state index in [1.54, 1.807) is 0 Å². The van der Waals surface area contributed by atoms with Crippen LogP contribution in [-0.2, 0) is 4.52 Å². The summed E-state index contributed by atoms with van der Waals surface area (Å²) in [5.41, 5.74) is 0. The molecular formula is C14H29I2OP. The lowest BCUT2D eigenvalue weighted by atomic mass is 10.1. The van der Waals surface area contributed by atoms with Gasteiger partial charge in [-0.1, -0.05) is 77.6 Å². The van der Waals surface area contributed by atoms with Crippen LogP contribution in [0.2, 0.25) is 0 Å². The highest BCUT2D eigenvalue weighted by molar-refractivity contribution is 14.3. The zero-order chi connectivity index (χ0) is 13.5. The van der Waals surface area contributed by atoms with E-state index in [9.17, 15) is 0 Å². The minimum Gasteiger partial charge on any atom is -0.340 e. The van der Waals surface area contributed by atoms with E-state index in [4.69, 9.17) is 4.52 Å². The van der Waals surface area contributed by atoms with Crippen molar-refractivity contribution in [2.45, 2.75) is 84.0 Å². The minimum atomic E-state index is -0.200. The normalized spacial score (nSPS) is 11.3. The summed E-state index contributed by atoms with van der Waals surface area (Å²) in [6, 6.07) is 0. The van der Waals surface area contributed by atoms with Gasteiger partial charge >= 0.3 is 0 Å². The largest absolute Gasteiger partial charge is 0.340 e. The van der Waals surface area contributed by atoms with Gasteiger partial charge in [0.15, 0.2) is 3.43 Å². The first-order chi connectivity index (χ1) is 8.77. The molecule has 0 aliphatic rings. The van der Waals surface area contributed by atoms with Gasteiger partial charge in [-0.15, -0.1) is 0 Å². The Balaban J connectivity index is 2.90. The van der Waals surface area contributed by atoms with Crippen LogP contribution in [0.4, 0.5) is 0 Å². The quantitative estimate of drug-likeness (QED) is 0.135. The SMILES string of the molecule is CCCCCCCCCCCCCCOP(I)I. The van der Waals surface area contributed by atoms with Crippen LogP contribution >= 0.6 is 47.5 Å². The van der Waals surface area contributed by atoms with Crippen LogP contribution in [-0.4, -0.2) is 6.61 Å². The fourth-order valence-electron chi connectivity index (χ4n) is 2.08. The fraction of sp³-hybridized carbons (Fsp3) is 1.00. The highest BCUT2D eigenvalue weighted by Gasteiger charge is 1.97. The Kier molecular flexibility index (Phi) is 18.6. The Morgan fingerprint density at radius 1 is 0.667 bits per heavy atom. The smallest absolute Gasteiger partial charge is 0.159 e. The molecule has 0 atom stereocenters. The van der Waals surface area contributed by atoms with Crippen molar-refractivity contribution >= 4 is 47.5 Å². The molecule has 0 saturated heterocycles. The molecule has 0 saturated carbocycles. The molecule has 0 aromatic heterocycles. The van der Waals surface area contributed by atoms with Gasteiger partial charge in [0, 0.05) is 0 Å². The maximum atomic E-state index is 5.57. The summed E-state index contributed by atoms with van der Waals surface area (Å²) in [5, 5.41) is 0. The van der Waals surface area contributed by atoms with Gasteiger partial charge in [0.1, 0.15) is 0 Å². The lowest BCUT2D eigenvalue weighted by Gasteiger charge is -2.04. The van der Waals surface area contributed by atoms with Crippen molar-refractivity contribution in [1.29, 1.82) is 0 Å². The molecule has 0 fully saturated rings. The third-order valence-electron chi connectivity index (χ3n) is 3.19. The molecule has 0 bridgehead atoms. The number of rotatable bonds is 14. The van der Waals surface area contributed by atoms with E-state index >= 15 is 0 Å². The van der Waals surface area contributed by atoms with Crippen molar-refractivity contribution in [3.05, 3.63) is 0 Å². The van der Waals surface area contributed by atoms with Crippen molar-refractivity contribution in [3.8, 4) is 0 Å². The molecule has 0 N–H and O–H groups in total. The first-order valence-electron chi connectivity index (χ1n) is 7.52. The topological polar surface area (TPSA) is 9.23 Å². The maximum absolute atomic E-state index is 5.57. The molecule has 0 amide bonds. The van der Waals surface area contributed by atoms with E-state index in [0.29, 0.717) is 0 Å². The molecule has 0 unspecified atom stereocenters. The predicted octanol–water partition coefficient (Wildman–Crippen LogP) is 7.80. The van der Waals surface area contributed by atoms with Gasteiger partial charge in [0.2, 0.25) is 0 Å². The zero-order valence-electron chi connectivity index (χ0n) is 11.8. The van der Waals surface area contributed by atoms with Gasteiger partial charge in [0.05, 0.1) is 6.61 Å². The zero-order valence-corrected chi connectivity index (χ0v) is 17.0. The third kappa shape index (κ3) is 17.8. The van der Waals surface area contributed by atoms with E-state index in [1.165, 1.54) is 77.0 Å². The lowest BCUT2D eigenvalue weighted by Crippen LogP contribution is -1.86. The highest BCUT2D eigenvalue weighted by atomic mass is 127. The van der Waals surface area contributed by atoms with Crippen LogP contribution in [0.3, 0.4) is 0 Å². The summed E-state index contributed by atoms with van der Waals surface area (Å²) >= 11 is 4.73. The number of unbranched alkanes of at least 4 members (excludes halogenated alkanes) is 11. The van der Waals surface area contributed by atoms with Gasteiger partial charge in [0.25, 0.3) is 0 Å². The molecule has 0 rings (SSSR count). The molecular weight excluding hydrogens is 469 g/mol. The van der Waals surface area contributed by atoms with Crippen LogP contribution < -0.4 is 0 Å². The van der Waals surface area contributed by atoms with Crippen molar-refractivity contribution in [3.63, 3.8) is 0 Å². The molecule has 110 valence electrons. The van der Waals surface area contributed by atoms with Crippen LogP contribution in [0.1, 0.15) is 84.0 Å². The maximum Gasteiger partial charge on any atom is 0.159 e. The monoisotopic (exact) mass is 498 g/mol. The van der Waals surface area contributed by atoms with Gasteiger partial charge in [-0.25, -0.2) is 0 Å². The second kappa shape index (κ2) is 16.9. The Bertz CT molecular complexity index is 157. The second-order valence-corrected chi connectivity index (χ2v) is 16.4. The summed E-state index contributed by atoms with van der Waals surface area (Å²) in [6.07, 6.45) is 17.0. The molecule has 0 radical (unpaired) electrons. The van der Waals surface area contributed by atoms with E-state index in [1.807, 2.05) is 0 Å². The third-order valence-corrected chi connectivity index (χ3v) is 5.24. The van der Waals surface area contributed by atoms with Crippen LogP contribution in [0.25, 0.3) is 0 Å². The number of halogens is 2. The van der Waals surface area contributed by atoms with Gasteiger partial charge in [-0.05, 0) is 50.5 Å². The first kappa shape index (κ1) is 19.9. The van der Waals surface area contributed by atoms with Crippen LogP contribution in [0, 0.1) is 0 Å². The van der Waals surface area contributed by atoms with Gasteiger partial charge in [-0.2, -0.15) is 0 Å². The standard InChI is InChI=1S/C14H29I2OP/c1-2-3-4-5-6-7-8-9-10-11-12-13-14-17-18(15)16/h2-14H2,1H3. The number of hydrogen-bond donors (Lipinski definition) is 0. The van der Waals surface area contributed by atoms with E-state index < -0.39 is 0 Å². The average molecular weight is 498 g/mol. The summed E-state index contributed by atoms with van der Waals surface area (Å²) < 4.78 is 5.37. The Morgan fingerprint density at radius 3 is 1.44 bits per heavy atom. The lowest BCUT2D eigenvalue weighted by molar-refractivity contribution is 0.350. The summed E-state index contributed by atoms with van der Waals surface area (Å²) in [4.78, 5) is 0. The molecule has 0 spiro atoms. The van der Waals surface area contributed by atoms with E-state index in [0.717, 1.165) is 6.61 Å². The Hall–Kier alpha value is 1.85. The van der Waals surface area contributed by atoms with Crippen LogP contribution in [0.5, 0.6) is 0 Å². The number of hydrogen-bond acceptors (Lipinski definition) is 1. The fourth-order valence-corrected chi connectivity index (χ4v) is 3.53. The van der Waals surface area contributed by atoms with Gasteiger partial charge < -0.3 is 4.52 Å². The summed E-state index contributed by atoms with van der Waals surface area (Å²) in [6.45, 7) is 3.25. The molecule has 18 heavy (non-hydrogen) atoms. The van der Waals surface area contributed by atoms with Crippen molar-refractivity contribution < 1.29 is 4.52 Å². The van der Waals surface area contributed by atoms with Crippen LogP contribution in [0.15, 0.2) is 0 Å². The Labute approximate surface area is 141 Å². The molecule has 0 heterocycles. The summed E-state index contributed by atoms with van der Waals surface area (Å²) in [5.74, 6) is 0. The first-order valence-corrected chi connectivity index (χ1v) is 14.3. The van der Waals surface area contributed by atoms with Crippen molar-refractivity contribution in [1.82, 2.24) is 0 Å². The Morgan fingerprint density at radius 2 is 1.06 bits per heavy atom. The highest BCUT2D eigenvalue weighted by Crippen LogP contribution is 2.54. The summed E-state index contributed by atoms with van der Waals surface area (Å²) in [7, 11) is 0. The average Bonchev–Trinajstić information content (AvgIpc) is 2.34.